The van der Waals surface area contributed by atoms with Crippen molar-refractivity contribution in [2.75, 3.05) is 7.11 Å². The van der Waals surface area contributed by atoms with Crippen LogP contribution in [0.25, 0.3) is 17.5 Å². The summed E-state index contributed by atoms with van der Waals surface area (Å²) >= 11 is 0. The Balaban J connectivity index is 1.29. The van der Waals surface area contributed by atoms with Gasteiger partial charge in [-0.05, 0) is 23.8 Å². The highest BCUT2D eigenvalue weighted by molar-refractivity contribution is 5.86. The molecular weight excluding hydrogens is 398 g/mol. The molecule has 0 fully saturated rings. The monoisotopic (exact) mass is 417 g/mol. The number of hydrogen-bond donors (Lipinski definition) is 0. The van der Waals surface area contributed by atoms with Crippen LogP contribution in [-0.4, -0.2) is 38.2 Å². The number of benzene rings is 2. The minimum absolute atomic E-state index is 0.138. The third kappa shape index (κ3) is 5.41. The van der Waals surface area contributed by atoms with Gasteiger partial charge in [-0.25, -0.2) is 9.48 Å². The molecule has 0 N–H and O–H groups in total. The molecule has 2 aromatic carbocycles. The highest BCUT2D eigenvalue weighted by atomic mass is 16.6. The number of nitrogens with zero attached hydrogens (tertiary/aromatic N) is 5. The number of ether oxygens (including phenoxy) is 2. The Morgan fingerprint density at radius 3 is 2.87 bits per heavy atom. The van der Waals surface area contributed by atoms with Crippen molar-refractivity contribution in [3.63, 3.8) is 0 Å². The molecule has 0 atom stereocenters. The van der Waals surface area contributed by atoms with Gasteiger partial charge < -0.3 is 14.0 Å². The third-order valence-electron chi connectivity index (χ3n) is 4.27. The van der Waals surface area contributed by atoms with Gasteiger partial charge in [0, 0.05) is 11.6 Å². The van der Waals surface area contributed by atoms with Crippen molar-refractivity contribution in [3.05, 3.63) is 84.0 Å². The number of aromatic nitrogens is 5. The normalized spacial score (nSPS) is 11.0. The van der Waals surface area contributed by atoms with Crippen LogP contribution in [0, 0.1) is 0 Å². The smallest absolute Gasteiger partial charge is 0.331 e. The van der Waals surface area contributed by atoms with Gasteiger partial charge in [-0.2, -0.15) is 4.98 Å². The molecule has 0 aliphatic carbocycles. The Labute approximate surface area is 177 Å². The molecule has 0 spiro atoms. The lowest BCUT2D eigenvalue weighted by molar-refractivity contribution is -0.139. The molecule has 0 bridgehead atoms. The van der Waals surface area contributed by atoms with Crippen molar-refractivity contribution in [2.24, 2.45) is 0 Å². The first-order chi connectivity index (χ1) is 15.2. The molecule has 0 aliphatic rings. The van der Waals surface area contributed by atoms with Crippen molar-refractivity contribution in [1.29, 1.82) is 0 Å². The van der Waals surface area contributed by atoms with Crippen molar-refractivity contribution < 1.29 is 18.8 Å². The van der Waals surface area contributed by atoms with Crippen LogP contribution in [-0.2, 0) is 22.7 Å². The summed E-state index contributed by atoms with van der Waals surface area (Å²) in [5.41, 5.74) is 2.39. The van der Waals surface area contributed by atoms with Crippen molar-refractivity contribution in [1.82, 2.24) is 25.1 Å². The van der Waals surface area contributed by atoms with Gasteiger partial charge in [-0.1, -0.05) is 52.8 Å². The Hall–Kier alpha value is -4.27. The van der Waals surface area contributed by atoms with E-state index in [2.05, 4.69) is 20.5 Å². The van der Waals surface area contributed by atoms with Crippen LogP contribution in [0.1, 0.15) is 17.1 Å². The minimum Gasteiger partial charge on any atom is -0.497 e. The second-order valence-electron chi connectivity index (χ2n) is 6.51. The number of rotatable bonds is 8. The number of methoxy groups -OCH3 is 1. The molecule has 156 valence electrons. The SMILES string of the molecule is COc1cccc(-c2noc(COC(=O)/C=C/c3cn(Cc4ccccc4)nn3)n2)c1. The van der Waals surface area contributed by atoms with E-state index in [0.717, 1.165) is 11.1 Å². The average Bonchev–Trinajstić information content (AvgIpc) is 3.47. The van der Waals surface area contributed by atoms with Crippen LogP contribution in [0.3, 0.4) is 0 Å². The fourth-order valence-electron chi connectivity index (χ4n) is 2.76. The van der Waals surface area contributed by atoms with Crippen LogP contribution in [0.5, 0.6) is 5.75 Å². The summed E-state index contributed by atoms with van der Waals surface area (Å²) in [6, 6.07) is 17.2. The summed E-state index contributed by atoms with van der Waals surface area (Å²) in [4.78, 5) is 16.2. The third-order valence-corrected chi connectivity index (χ3v) is 4.27. The standard InChI is InChI=1S/C22H19N5O4/c1-29-19-9-5-8-17(12-19)22-23-20(31-25-22)15-30-21(28)11-10-18-14-27(26-24-18)13-16-6-3-2-4-7-16/h2-12,14H,13,15H2,1H3/b11-10+. The summed E-state index contributed by atoms with van der Waals surface area (Å²) in [6.07, 6.45) is 4.55. The molecule has 0 aliphatic heterocycles. The maximum absolute atomic E-state index is 12.0. The molecule has 0 saturated carbocycles. The molecule has 0 unspecified atom stereocenters. The number of carbonyl (C=O) groups excluding carboxylic acids is 1. The lowest BCUT2D eigenvalue weighted by atomic mass is 10.2. The maximum Gasteiger partial charge on any atom is 0.331 e. The number of carbonyl (C=O) groups is 1. The molecule has 4 aromatic rings. The topological polar surface area (TPSA) is 105 Å². The van der Waals surface area contributed by atoms with Gasteiger partial charge in [0.2, 0.25) is 5.82 Å². The van der Waals surface area contributed by atoms with Gasteiger partial charge in [0.1, 0.15) is 11.4 Å². The van der Waals surface area contributed by atoms with Crippen molar-refractivity contribution in [2.45, 2.75) is 13.2 Å². The Morgan fingerprint density at radius 1 is 1.16 bits per heavy atom. The summed E-state index contributed by atoms with van der Waals surface area (Å²) in [5, 5.41) is 12.0. The maximum atomic E-state index is 12.0. The van der Waals surface area contributed by atoms with E-state index in [1.807, 2.05) is 48.5 Å². The average molecular weight is 417 g/mol. The van der Waals surface area contributed by atoms with E-state index in [9.17, 15) is 4.79 Å². The van der Waals surface area contributed by atoms with E-state index >= 15 is 0 Å². The quantitative estimate of drug-likeness (QED) is 0.318. The van der Waals surface area contributed by atoms with Crippen LogP contribution < -0.4 is 4.74 Å². The van der Waals surface area contributed by atoms with Crippen LogP contribution in [0.2, 0.25) is 0 Å². The molecule has 31 heavy (non-hydrogen) atoms. The van der Waals surface area contributed by atoms with E-state index in [1.165, 1.54) is 12.2 Å². The van der Waals surface area contributed by atoms with E-state index in [-0.39, 0.29) is 12.5 Å². The molecule has 2 heterocycles. The molecule has 2 aromatic heterocycles. The fourth-order valence-corrected chi connectivity index (χ4v) is 2.76. The fraction of sp³-hybridized carbons (Fsp3) is 0.136. The van der Waals surface area contributed by atoms with Gasteiger partial charge in [-0.3, -0.25) is 0 Å². The lowest BCUT2D eigenvalue weighted by Crippen LogP contribution is -2.01. The molecule has 0 radical (unpaired) electrons. The molecule has 4 rings (SSSR count). The van der Waals surface area contributed by atoms with E-state index < -0.39 is 5.97 Å². The Kier molecular flexibility index (Phi) is 6.13. The lowest BCUT2D eigenvalue weighted by Gasteiger charge is -1.99. The van der Waals surface area contributed by atoms with Gasteiger partial charge in [0.25, 0.3) is 5.89 Å². The van der Waals surface area contributed by atoms with Crippen molar-refractivity contribution >= 4 is 12.0 Å². The molecule has 0 amide bonds. The summed E-state index contributed by atoms with van der Waals surface area (Å²) in [6.45, 7) is 0.458. The second-order valence-corrected chi connectivity index (χ2v) is 6.51. The zero-order valence-corrected chi connectivity index (χ0v) is 16.7. The summed E-state index contributed by atoms with van der Waals surface area (Å²) < 4.78 is 17.2. The van der Waals surface area contributed by atoms with Gasteiger partial charge >= 0.3 is 5.97 Å². The summed E-state index contributed by atoms with van der Waals surface area (Å²) in [5.74, 6) is 0.698. The minimum atomic E-state index is -0.557. The first-order valence-corrected chi connectivity index (χ1v) is 9.45. The first kappa shape index (κ1) is 20.0. The Morgan fingerprint density at radius 2 is 2.03 bits per heavy atom. The van der Waals surface area contributed by atoms with Crippen molar-refractivity contribution in [3.8, 4) is 17.1 Å². The highest BCUT2D eigenvalue weighted by Gasteiger charge is 2.11. The van der Waals surface area contributed by atoms with Crippen LogP contribution in [0.15, 0.2) is 71.4 Å². The van der Waals surface area contributed by atoms with Gasteiger partial charge in [0.05, 0.1) is 19.9 Å². The predicted molar refractivity (Wildman–Crippen MR) is 111 cm³/mol. The highest BCUT2D eigenvalue weighted by Crippen LogP contribution is 2.21. The van der Waals surface area contributed by atoms with E-state index in [1.54, 1.807) is 24.1 Å². The van der Waals surface area contributed by atoms with Gasteiger partial charge in [-0.15, -0.1) is 5.10 Å². The molecule has 9 heteroatoms. The van der Waals surface area contributed by atoms with E-state index in [4.69, 9.17) is 14.0 Å². The van der Waals surface area contributed by atoms with Gasteiger partial charge in [0.15, 0.2) is 6.61 Å². The first-order valence-electron chi connectivity index (χ1n) is 9.45. The van der Waals surface area contributed by atoms with Crippen LogP contribution in [0.4, 0.5) is 0 Å². The molecular formula is C22H19N5O4. The van der Waals surface area contributed by atoms with Crippen LogP contribution >= 0.6 is 0 Å². The number of hydrogen-bond acceptors (Lipinski definition) is 8. The molecule has 0 saturated heterocycles. The zero-order valence-electron chi connectivity index (χ0n) is 16.7. The van der Waals surface area contributed by atoms with E-state index in [0.29, 0.717) is 23.8 Å². The predicted octanol–water partition coefficient (Wildman–Crippen LogP) is 3.14. The number of esters is 1. The molecule has 9 nitrogen and oxygen atoms in total. The largest absolute Gasteiger partial charge is 0.497 e. The zero-order chi connectivity index (χ0) is 21.5. The Bertz CT molecular complexity index is 1180. The second kappa shape index (κ2) is 9.49. The summed E-state index contributed by atoms with van der Waals surface area (Å²) in [7, 11) is 1.58.